The molecule has 0 unspecified atom stereocenters. The molecule has 1 heterocycles. The predicted molar refractivity (Wildman–Crippen MR) is 77.1 cm³/mol. The van der Waals surface area contributed by atoms with Crippen molar-refractivity contribution in [2.75, 3.05) is 0 Å². The molecule has 5 heteroatoms. The second-order valence-electron chi connectivity index (χ2n) is 5.05. The van der Waals surface area contributed by atoms with Gasteiger partial charge in [-0.2, -0.15) is 0 Å². The third-order valence-electron chi connectivity index (χ3n) is 3.40. The minimum Gasteiger partial charge on any atom is -0.478 e. The van der Waals surface area contributed by atoms with Crippen molar-refractivity contribution in [3.63, 3.8) is 0 Å². The number of rotatable bonds is 4. The molecule has 1 aromatic heterocycles. The summed E-state index contributed by atoms with van der Waals surface area (Å²) in [6, 6.07) is 8.68. The molecule has 5 nitrogen and oxygen atoms in total. The van der Waals surface area contributed by atoms with E-state index in [1.807, 2.05) is 0 Å². The van der Waals surface area contributed by atoms with E-state index in [0.29, 0.717) is 16.7 Å². The molecule has 1 saturated carbocycles. The van der Waals surface area contributed by atoms with Gasteiger partial charge in [0.05, 0.1) is 5.56 Å². The number of carbonyl (C=O) groups excluding carboxylic acids is 1. The van der Waals surface area contributed by atoms with Crippen molar-refractivity contribution in [2.24, 2.45) is 0 Å². The van der Waals surface area contributed by atoms with Gasteiger partial charge in [-0.25, -0.2) is 4.79 Å². The number of hydrogen-bond acceptors (Lipinski definition) is 3. The minimum atomic E-state index is -1.01. The maximum atomic E-state index is 12.1. The first-order chi connectivity index (χ1) is 10.1. The van der Waals surface area contributed by atoms with Crippen LogP contribution in [0.3, 0.4) is 0 Å². The van der Waals surface area contributed by atoms with Crippen LogP contribution in [0.15, 0.2) is 42.7 Å². The van der Waals surface area contributed by atoms with E-state index in [9.17, 15) is 14.7 Å². The lowest BCUT2D eigenvalue weighted by molar-refractivity contribution is 0.0697. The quantitative estimate of drug-likeness (QED) is 0.902. The highest BCUT2D eigenvalue weighted by Gasteiger charge is 2.24. The molecule has 0 aliphatic heterocycles. The standard InChI is InChI=1S/C16H14N2O3/c19-15(18-12-4-5-12)11-3-1-2-10(8-11)14-9-17-7-6-13(14)16(20)21/h1-3,6-9,12H,4-5H2,(H,18,19)(H,20,21). The third-order valence-corrected chi connectivity index (χ3v) is 3.40. The number of carboxylic acids is 1. The summed E-state index contributed by atoms with van der Waals surface area (Å²) >= 11 is 0. The molecule has 0 atom stereocenters. The van der Waals surface area contributed by atoms with Crippen molar-refractivity contribution in [2.45, 2.75) is 18.9 Å². The smallest absolute Gasteiger partial charge is 0.336 e. The van der Waals surface area contributed by atoms with Crippen molar-refractivity contribution in [1.82, 2.24) is 10.3 Å². The minimum absolute atomic E-state index is 0.125. The Morgan fingerprint density at radius 3 is 2.76 bits per heavy atom. The Balaban J connectivity index is 1.96. The number of aromatic nitrogens is 1. The lowest BCUT2D eigenvalue weighted by Gasteiger charge is -2.08. The van der Waals surface area contributed by atoms with E-state index in [4.69, 9.17) is 0 Å². The summed E-state index contributed by atoms with van der Waals surface area (Å²) < 4.78 is 0. The molecule has 1 fully saturated rings. The Bertz CT molecular complexity index is 708. The normalized spacial score (nSPS) is 13.7. The molecule has 2 aromatic rings. The highest BCUT2D eigenvalue weighted by molar-refractivity contribution is 5.98. The fraction of sp³-hybridized carbons (Fsp3) is 0.188. The first kappa shape index (κ1) is 13.3. The van der Waals surface area contributed by atoms with E-state index in [1.165, 1.54) is 18.5 Å². The largest absolute Gasteiger partial charge is 0.478 e. The second kappa shape index (κ2) is 5.36. The van der Waals surface area contributed by atoms with Crippen LogP contribution in [0.4, 0.5) is 0 Å². The number of benzene rings is 1. The predicted octanol–water partition coefficient (Wildman–Crippen LogP) is 2.34. The Morgan fingerprint density at radius 2 is 2.05 bits per heavy atom. The number of carbonyl (C=O) groups is 2. The van der Waals surface area contributed by atoms with E-state index in [-0.39, 0.29) is 17.5 Å². The number of carboxylic acid groups (broad SMARTS) is 1. The van der Waals surface area contributed by atoms with Crippen LogP contribution in [-0.4, -0.2) is 28.0 Å². The monoisotopic (exact) mass is 282 g/mol. The van der Waals surface area contributed by atoms with Crippen LogP contribution < -0.4 is 5.32 Å². The summed E-state index contributed by atoms with van der Waals surface area (Å²) in [5, 5.41) is 12.1. The number of pyridine rings is 1. The van der Waals surface area contributed by atoms with Gasteiger partial charge in [0.15, 0.2) is 0 Å². The Labute approximate surface area is 121 Å². The van der Waals surface area contributed by atoms with Crippen LogP contribution in [0.5, 0.6) is 0 Å². The van der Waals surface area contributed by atoms with Gasteiger partial charge in [-0.1, -0.05) is 12.1 Å². The van der Waals surface area contributed by atoms with Crippen LogP contribution in [-0.2, 0) is 0 Å². The van der Waals surface area contributed by atoms with E-state index in [0.717, 1.165) is 12.8 Å². The van der Waals surface area contributed by atoms with Gasteiger partial charge in [0.2, 0.25) is 0 Å². The van der Waals surface area contributed by atoms with E-state index in [1.54, 1.807) is 24.3 Å². The van der Waals surface area contributed by atoms with Gasteiger partial charge >= 0.3 is 5.97 Å². The van der Waals surface area contributed by atoms with E-state index in [2.05, 4.69) is 10.3 Å². The van der Waals surface area contributed by atoms with Crippen LogP contribution in [0.25, 0.3) is 11.1 Å². The van der Waals surface area contributed by atoms with Gasteiger partial charge in [0, 0.05) is 29.6 Å². The first-order valence-electron chi connectivity index (χ1n) is 6.74. The fourth-order valence-corrected chi connectivity index (χ4v) is 2.14. The second-order valence-corrected chi connectivity index (χ2v) is 5.05. The molecule has 1 aliphatic carbocycles. The Hall–Kier alpha value is -2.69. The molecule has 0 saturated heterocycles. The van der Waals surface area contributed by atoms with Crippen LogP contribution in [0.2, 0.25) is 0 Å². The summed E-state index contributed by atoms with van der Waals surface area (Å²) in [6.07, 6.45) is 4.99. The molecule has 3 rings (SSSR count). The topological polar surface area (TPSA) is 79.3 Å². The van der Waals surface area contributed by atoms with Gasteiger partial charge < -0.3 is 10.4 Å². The van der Waals surface area contributed by atoms with E-state index >= 15 is 0 Å². The summed E-state index contributed by atoms with van der Waals surface area (Å²) in [6.45, 7) is 0. The molecule has 0 bridgehead atoms. The molecular formula is C16H14N2O3. The summed E-state index contributed by atoms with van der Waals surface area (Å²) in [5.41, 5.74) is 1.87. The molecule has 0 spiro atoms. The van der Waals surface area contributed by atoms with Crippen molar-refractivity contribution in [3.05, 3.63) is 53.9 Å². The van der Waals surface area contributed by atoms with Gasteiger partial charge in [-0.3, -0.25) is 9.78 Å². The molecule has 1 aromatic carbocycles. The van der Waals surface area contributed by atoms with Gasteiger partial charge in [0.25, 0.3) is 5.91 Å². The maximum absolute atomic E-state index is 12.1. The van der Waals surface area contributed by atoms with Gasteiger partial charge in [-0.05, 0) is 36.6 Å². The third kappa shape index (κ3) is 2.91. The number of amides is 1. The first-order valence-corrected chi connectivity index (χ1v) is 6.74. The maximum Gasteiger partial charge on any atom is 0.336 e. The van der Waals surface area contributed by atoms with Gasteiger partial charge in [0.1, 0.15) is 0 Å². The number of aromatic carboxylic acids is 1. The highest BCUT2D eigenvalue weighted by Crippen LogP contribution is 2.24. The average molecular weight is 282 g/mol. The van der Waals surface area contributed by atoms with Crippen molar-refractivity contribution in [1.29, 1.82) is 0 Å². The van der Waals surface area contributed by atoms with Crippen molar-refractivity contribution in [3.8, 4) is 11.1 Å². The Kier molecular flexibility index (Phi) is 3.39. The zero-order valence-electron chi connectivity index (χ0n) is 11.2. The van der Waals surface area contributed by atoms with Crippen LogP contribution in [0.1, 0.15) is 33.6 Å². The number of nitrogens with one attached hydrogen (secondary N) is 1. The van der Waals surface area contributed by atoms with Crippen LogP contribution in [0, 0.1) is 0 Å². The molecule has 1 aliphatic rings. The number of nitrogens with zero attached hydrogens (tertiary/aromatic N) is 1. The molecule has 21 heavy (non-hydrogen) atoms. The average Bonchev–Trinajstić information content (AvgIpc) is 3.31. The lowest BCUT2D eigenvalue weighted by Crippen LogP contribution is -2.25. The molecule has 2 N–H and O–H groups in total. The van der Waals surface area contributed by atoms with E-state index < -0.39 is 5.97 Å². The lowest BCUT2D eigenvalue weighted by atomic mass is 10.00. The summed E-state index contributed by atoms with van der Waals surface area (Å²) in [5.74, 6) is -1.14. The summed E-state index contributed by atoms with van der Waals surface area (Å²) in [4.78, 5) is 27.3. The molecule has 1 amide bonds. The zero-order valence-corrected chi connectivity index (χ0v) is 11.2. The van der Waals surface area contributed by atoms with Crippen LogP contribution >= 0.6 is 0 Å². The summed E-state index contributed by atoms with van der Waals surface area (Å²) in [7, 11) is 0. The zero-order chi connectivity index (χ0) is 14.8. The highest BCUT2D eigenvalue weighted by atomic mass is 16.4. The Morgan fingerprint density at radius 1 is 1.24 bits per heavy atom. The SMILES string of the molecule is O=C(NC1CC1)c1cccc(-c2cnccc2C(=O)O)c1. The molecule has 0 radical (unpaired) electrons. The fourth-order valence-electron chi connectivity index (χ4n) is 2.14. The van der Waals surface area contributed by atoms with Crippen molar-refractivity contribution < 1.29 is 14.7 Å². The molecular weight excluding hydrogens is 268 g/mol. The molecule has 106 valence electrons. The van der Waals surface area contributed by atoms with Crippen molar-refractivity contribution >= 4 is 11.9 Å². The van der Waals surface area contributed by atoms with Gasteiger partial charge in [-0.15, -0.1) is 0 Å². The number of hydrogen-bond donors (Lipinski definition) is 2.